The molecule has 1 amide bonds. The first kappa shape index (κ1) is 13.0. The Bertz CT molecular complexity index is 641. The predicted octanol–water partition coefficient (Wildman–Crippen LogP) is 2.67. The molecule has 0 radical (unpaired) electrons. The lowest BCUT2D eigenvalue weighted by Gasteiger charge is -2.10. The molecule has 2 aromatic rings. The van der Waals surface area contributed by atoms with Gasteiger partial charge >= 0.3 is 0 Å². The predicted molar refractivity (Wildman–Crippen MR) is 72.5 cm³/mol. The van der Waals surface area contributed by atoms with Gasteiger partial charge < -0.3 is 11.1 Å². The van der Waals surface area contributed by atoms with Crippen molar-refractivity contribution in [3.05, 3.63) is 53.1 Å². The summed E-state index contributed by atoms with van der Waals surface area (Å²) in [4.78, 5) is 16.1. The molecular weight excluding hydrogens is 245 g/mol. The Kier molecular flexibility index (Phi) is 3.46. The molecule has 3 N–H and O–H groups in total. The Balaban J connectivity index is 2.31. The molecule has 1 aromatic carbocycles. The number of halogens is 1. The van der Waals surface area contributed by atoms with E-state index in [0.29, 0.717) is 28.2 Å². The molecule has 4 nitrogen and oxygen atoms in total. The van der Waals surface area contributed by atoms with Crippen LogP contribution in [0.25, 0.3) is 0 Å². The zero-order valence-corrected chi connectivity index (χ0v) is 10.7. The summed E-state index contributed by atoms with van der Waals surface area (Å²) >= 11 is 0. The van der Waals surface area contributed by atoms with Gasteiger partial charge in [0.2, 0.25) is 0 Å². The fraction of sp³-hybridized carbons (Fsp3) is 0.143. The minimum atomic E-state index is -0.361. The maximum atomic E-state index is 13.4. The highest BCUT2D eigenvalue weighted by Gasteiger charge is 2.12. The van der Waals surface area contributed by atoms with Gasteiger partial charge in [-0.15, -0.1) is 0 Å². The first-order chi connectivity index (χ1) is 8.99. The maximum absolute atomic E-state index is 13.4. The minimum absolute atomic E-state index is 0.356. The zero-order valence-electron chi connectivity index (χ0n) is 10.7. The number of nitrogens with one attached hydrogen (secondary N) is 1. The fourth-order valence-electron chi connectivity index (χ4n) is 1.71. The second kappa shape index (κ2) is 5.06. The summed E-state index contributed by atoms with van der Waals surface area (Å²) in [5.74, 6) is -0.716. The highest BCUT2D eigenvalue weighted by Crippen LogP contribution is 2.19. The number of nitrogens with zero attached hydrogens (tertiary/aromatic N) is 1. The lowest BCUT2D eigenvalue weighted by atomic mass is 10.1. The van der Waals surface area contributed by atoms with Crippen LogP contribution in [0.1, 0.15) is 21.6 Å². The molecule has 0 unspecified atom stereocenters. The van der Waals surface area contributed by atoms with Gasteiger partial charge in [-0.25, -0.2) is 4.39 Å². The number of carbonyl (C=O) groups is 1. The zero-order chi connectivity index (χ0) is 14.0. The molecule has 1 aromatic heterocycles. The summed E-state index contributed by atoms with van der Waals surface area (Å²) < 4.78 is 13.4. The summed E-state index contributed by atoms with van der Waals surface area (Å²) in [5, 5.41) is 2.66. The molecule has 1 heterocycles. The van der Waals surface area contributed by atoms with Crippen molar-refractivity contribution >= 4 is 17.3 Å². The molecule has 0 aliphatic carbocycles. The van der Waals surface area contributed by atoms with Crippen molar-refractivity contribution in [3.8, 4) is 0 Å². The highest BCUT2D eigenvalue weighted by molar-refractivity contribution is 6.05. The van der Waals surface area contributed by atoms with E-state index in [4.69, 9.17) is 5.73 Å². The van der Waals surface area contributed by atoms with Crippen LogP contribution in [0.5, 0.6) is 0 Å². The quantitative estimate of drug-likeness (QED) is 0.871. The average molecular weight is 259 g/mol. The molecule has 5 heteroatoms. The Hall–Kier alpha value is -2.43. The molecule has 19 heavy (non-hydrogen) atoms. The number of carbonyl (C=O) groups excluding carboxylic acids is 1. The second-order valence-corrected chi connectivity index (χ2v) is 4.27. The van der Waals surface area contributed by atoms with Gasteiger partial charge in [-0.2, -0.15) is 0 Å². The molecule has 2 rings (SSSR count). The van der Waals surface area contributed by atoms with Crippen molar-refractivity contribution in [1.29, 1.82) is 0 Å². The summed E-state index contributed by atoms with van der Waals surface area (Å²) in [5.41, 5.74) is 7.80. The summed E-state index contributed by atoms with van der Waals surface area (Å²) in [6, 6.07) is 6.08. The van der Waals surface area contributed by atoms with E-state index in [9.17, 15) is 9.18 Å². The third-order valence-corrected chi connectivity index (χ3v) is 2.87. The van der Waals surface area contributed by atoms with E-state index >= 15 is 0 Å². The largest absolute Gasteiger partial charge is 0.397 e. The molecule has 0 saturated heterocycles. The van der Waals surface area contributed by atoms with E-state index in [1.165, 1.54) is 12.3 Å². The van der Waals surface area contributed by atoms with Gasteiger partial charge in [0.15, 0.2) is 0 Å². The minimum Gasteiger partial charge on any atom is -0.397 e. The number of hydrogen-bond donors (Lipinski definition) is 2. The number of benzene rings is 1. The summed E-state index contributed by atoms with van der Waals surface area (Å²) in [7, 11) is 0. The topological polar surface area (TPSA) is 68.0 Å². The molecule has 0 aliphatic heterocycles. The monoisotopic (exact) mass is 259 g/mol. The molecule has 0 atom stereocenters. The van der Waals surface area contributed by atoms with Gasteiger partial charge in [-0.1, -0.05) is 6.07 Å². The second-order valence-electron chi connectivity index (χ2n) is 4.27. The summed E-state index contributed by atoms with van der Waals surface area (Å²) in [6.45, 7) is 3.32. The Morgan fingerprint density at radius 1 is 1.37 bits per heavy atom. The van der Waals surface area contributed by atoms with Crippen LogP contribution in [-0.2, 0) is 0 Å². The first-order valence-electron chi connectivity index (χ1n) is 5.77. The molecule has 98 valence electrons. The molecule has 0 saturated carbocycles. The van der Waals surface area contributed by atoms with Gasteiger partial charge in [0, 0.05) is 11.3 Å². The highest BCUT2D eigenvalue weighted by atomic mass is 19.1. The lowest BCUT2D eigenvalue weighted by molar-refractivity contribution is 0.102. The van der Waals surface area contributed by atoms with Gasteiger partial charge in [-0.05, 0) is 32.0 Å². The van der Waals surface area contributed by atoms with Crippen molar-refractivity contribution in [2.45, 2.75) is 13.8 Å². The molecule has 0 spiro atoms. The van der Waals surface area contributed by atoms with Crippen LogP contribution in [0.3, 0.4) is 0 Å². The number of aromatic nitrogens is 1. The number of amides is 1. The van der Waals surface area contributed by atoms with Gasteiger partial charge in [0.05, 0.1) is 23.1 Å². The van der Waals surface area contributed by atoms with Crippen molar-refractivity contribution in [1.82, 2.24) is 4.98 Å². The van der Waals surface area contributed by atoms with Crippen LogP contribution in [-0.4, -0.2) is 10.9 Å². The van der Waals surface area contributed by atoms with Gasteiger partial charge in [0.25, 0.3) is 5.91 Å². The Morgan fingerprint density at radius 2 is 2.11 bits per heavy atom. The van der Waals surface area contributed by atoms with E-state index in [0.717, 1.165) is 0 Å². The van der Waals surface area contributed by atoms with E-state index in [2.05, 4.69) is 10.3 Å². The average Bonchev–Trinajstić information content (AvgIpc) is 2.38. The van der Waals surface area contributed by atoms with E-state index in [1.54, 1.807) is 32.0 Å². The van der Waals surface area contributed by atoms with Crippen LogP contribution in [0.4, 0.5) is 15.8 Å². The molecule has 0 bridgehead atoms. The number of anilines is 2. The third-order valence-electron chi connectivity index (χ3n) is 2.87. The van der Waals surface area contributed by atoms with Crippen molar-refractivity contribution < 1.29 is 9.18 Å². The number of nitrogen functional groups attached to an aromatic ring is 1. The third kappa shape index (κ3) is 2.70. The van der Waals surface area contributed by atoms with Crippen LogP contribution in [0.15, 0.2) is 30.5 Å². The number of aryl methyl sites for hydroxylation is 1. The van der Waals surface area contributed by atoms with Crippen molar-refractivity contribution in [2.24, 2.45) is 0 Å². The number of rotatable bonds is 2. The summed E-state index contributed by atoms with van der Waals surface area (Å²) in [6.07, 6.45) is 1.49. The number of nitrogens with two attached hydrogens (primary N) is 1. The molecular formula is C14H14FN3O. The number of hydrogen-bond acceptors (Lipinski definition) is 3. The first-order valence-corrected chi connectivity index (χ1v) is 5.77. The maximum Gasteiger partial charge on any atom is 0.257 e. The van der Waals surface area contributed by atoms with Gasteiger partial charge in [-0.3, -0.25) is 9.78 Å². The smallest absolute Gasteiger partial charge is 0.257 e. The van der Waals surface area contributed by atoms with Crippen LogP contribution >= 0.6 is 0 Å². The Labute approximate surface area is 110 Å². The molecule has 0 fully saturated rings. The van der Waals surface area contributed by atoms with E-state index in [1.807, 2.05) is 0 Å². The number of pyridine rings is 1. The van der Waals surface area contributed by atoms with E-state index in [-0.39, 0.29) is 11.7 Å². The van der Waals surface area contributed by atoms with Crippen LogP contribution in [0.2, 0.25) is 0 Å². The molecule has 0 aliphatic rings. The van der Waals surface area contributed by atoms with Crippen LogP contribution < -0.4 is 11.1 Å². The fourth-order valence-corrected chi connectivity index (χ4v) is 1.71. The van der Waals surface area contributed by atoms with Crippen molar-refractivity contribution in [3.63, 3.8) is 0 Å². The van der Waals surface area contributed by atoms with Crippen LogP contribution in [0, 0.1) is 19.7 Å². The van der Waals surface area contributed by atoms with Gasteiger partial charge in [0.1, 0.15) is 5.82 Å². The Morgan fingerprint density at radius 3 is 2.84 bits per heavy atom. The SMILES string of the molecule is Cc1ncc(N)cc1C(=O)Nc1cccc(F)c1C. The van der Waals surface area contributed by atoms with Crippen molar-refractivity contribution in [2.75, 3.05) is 11.1 Å². The lowest BCUT2D eigenvalue weighted by Crippen LogP contribution is -2.15. The standard InChI is InChI=1S/C14H14FN3O/c1-8-12(15)4-3-5-13(8)18-14(19)11-6-10(16)7-17-9(11)2/h3-7H,16H2,1-2H3,(H,18,19). The van der Waals surface area contributed by atoms with E-state index < -0.39 is 0 Å². The normalized spacial score (nSPS) is 10.3.